The van der Waals surface area contributed by atoms with Crippen molar-refractivity contribution in [2.45, 2.75) is 79.8 Å². The molecule has 220 valence electrons. The lowest BCUT2D eigenvalue weighted by molar-refractivity contribution is -0.193. The third kappa shape index (κ3) is 3.54. The lowest BCUT2D eigenvalue weighted by Crippen LogP contribution is -2.71. The van der Waals surface area contributed by atoms with Gasteiger partial charge in [-0.15, -0.1) is 0 Å². The Morgan fingerprint density at radius 3 is 2.07 bits per heavy atom. The molecule has 0 spiro atoms. The number of aliphatic hydroxyl groups is 3. The molecule has 0 saturated heterocycles. The molecule has 0 heterocycles. The fourth-order valence-corrected chi connectivity index (χ4v) is 8.22. The maximum atomic E-state index is 14.3. The average Bonchev–Trinajstić information content (AvgIpc) is 2.87. The van der Waals surface area contributed by atoms with Crippen molar-refractivity contribution >= 4 is 28.9 Å². The van der Waals surface area contributed by atoms with Crippen LogP contribution in [0.25, 0.3) is 0 Å². The molecule has 4 N–H and O–H groups in total. The van der Waals surface area contributed by atoms with Crippen LogP contribution in [0.4, 0.5) is 0 Å². The van der Waals surface area contributed by atoms with Crippen LogP contribution in [0.2, 0.25) is 0 Å². The molecule has 3 aliphatic rings. The number of hydrogen-bond acceptors (Lipinski definition) is 9. The van der Waals surface area contributed by atoms with Crippen molar-refractivity contribution in [3.63, 3.8) is 0 Å². The first-order valence-corrected chi connectivity index (χ1v) is 13.9. The quantitative estimate of drug-likeness (QED) is 0.282. The van der Waals surface area contributed by atoms with Gasteiger partial charge in [-0.2, -0.15) is 0 Å². The number of aliphatic hydroxyl groups excluding tert-OH is 2. The molecule has 3 aliphatic carbocycles. The molecule has 0 saturated carbocycles. The minimum Gasteiger partial charge on any atom is -0.511 e. The van der Waals surface area contributed by atoms with Crippen molar-refractivity contribution in [3.05, 3.63) is 51.5 Å². The van der Waals surface area contributed by atoms with Gasteiger partial charge in [0.2, 0.25) is 5.78 Å². The van der Waals surface area contributed by atoms with Gasteiger partial charge in [0, 0.05) is 35.2 Å². The van der Waals surface area contributed by atoms with E-state index < -0.39 is 86.1 Å². The number of carbonyl (C=O) groups excluding carboxylic acids is 5. The average molecular weight is 567 g/mol. The van der Waals surface area contributed by atoms with E-state index in [2.05, 4.69) is 0 Å². The van der Waals surface area contributed by atoms with Crippen molar-refractivity contribution < 1.29 is 44.4 Å². The standard InChI is InChI=1S/C32H38O9/c1-9-17(35)12-20-30(7)14(4)18-10-11-19(15(5)33)25(36)22(18)27(38)24(30)29(40)32(41)28(39)21(16(6)34)26(37)23(13(2)3)31(20,32)8/h10-11,13-14,20,23,36-37,40-41H,9,12H2,1-8H3/t14-,20-,23?,30-,31-,32+/m1/s1. The van der Waals surface area contributed by atoms with E-state index in [9.17, 15) is 44.4 Å². The molecular weight excluding hydrogens is 528 g/mol. The lowest BCUT2D eigenvalue weighted by Gasteiger charge is -2.65. The Bertz CT molecular complexity index is 1490. The Labute approximate surface area is 239 Å². The number of rotatable bonds is 6. The molecule has 9 heteroatoms. The van der Waals surface area contributed by atoms with Crippen molar-refractivity contribution in [1.82, 2.24) is 0 Å². The minimum absolute atomic E-state index is 0.106. The van der Waals surface area contributed by atoms with E-state index in [1.807, 2.05) is 0 Å². The van der Waals surface area contributed by atoms with Crippen molar-refractivity contribution in [3.8, 4) is 5.75 Å². The molecule has 0 bridgehead atoms. The number of benzene rings is 1. The van der Waals surface area contributed by atoms with Crippen LogP contribution in [-0.2, 0) is 14.4 Å². The van der Waals surface area contributed by atoms with E-state index >= 15 is 0 Å². The third-order valence-electron chi connectivity index (χ3n) is 10.4. The van der Waals surface area contributed by atoms with Gasteiger partial charge in [-0.3, -0.25) is 24.0 Å². The van der Waals surface area contributed by atoms with Crippen LogP contribution in [0.15, 0.2) is 34.8 Å². The van der Waals surface area contributed by atoms with Crippen LogP contribution in [0, 0.1) is 28.6 Å². The Morgan fingerprint density at radius 1 is 1.00 bits per heavy atom. The molecule has 1 aromatic rings. The van der Waals surface area contributed by atoms with E-state index in [-0.39, 0.29) is 35.3 Å². The number of carbonyl (C=O) groups is 5. The summed E-state index contributed by atoms with van der Waals surface area (Å²) >= 11 is 0. The van der Waals surface area contributed by atoms with Gasteiger partial charge >= 0.3 is 0 Å². The van der Waals surface area contributed by atoms with E-state index in [1.54, 1.807) is 40.7 Å². The molecule has 6 atom stereocenters. The predicted octanol–water partition coefficient (Wildman–Crippen LogP) is 4.71. The molecule has 1 unspecified atom stereocenters. The number of fused-ring (bicyclic) bond motifs is 3. The van der Waals surface area contributed by atoms with Gasteiger partial charge in [0.15, 0.2) is 23.0 Å². The number of hydrogen-bond donors (Lipinski definition) is 4. The van der Waals surface area contributed by atoms with Gasteiger partial charge in [-0.05, 0) is 43.2 Å². The van der Waals surface area contributed by atoms with Crippen LogP contribution in [0.3, 0.4) is 0 Å². The number of ketones is 5. The molecule has 0 radical (unpaired) electrons. The second-order valence-corrected chi connectivity index (χ2v) is 12.5. The fraction of sp³-hybridized carbons (Fsp3) is 0.531. The van der Waals surface area contributed by atoms with Crippen molar-refractivity contribution in [1.29, 1.82) is 0 Å². The highest BCUT2D eigenvalue weighted by Crippen LogP contribution is 2.71. The van der Waals surface area contributed by atoms with Crippen LogP contribution >= 0.6 is 0 Å². The zero-order chi connectivity index (χ0) is 31.1. The first kappa shape index (κ1) is 30.4. The molecule has 1 aromatic carbocycles. The minimum atomic E-state index is -2.86. The van der Waals surface area contributed by atoms with Gasteiger partial charge in [-0.1, -0.05) is 47.6 Å². The van der Waals surface area contributed by atoms with E-state index in [0.29, 0.717) is 5.56 Å². The topological polar surface area (TPSA) is 166 Å². The van der Waals surface area contributed by atoms with Gasteiger partial charge in [-0.25, -0.2) is 0 Å². The van der Waals surface area contributed by atoms with Crippen molar-refractivity contribution in [2.24, 2.45) is 28.6 Å². The summed E-state index contributed by atoms with van der Waals surface area (Å²) in [6.45, 7) is 12.4. The van der Waals surface area contributed by atoms with Gasteiger partial charge < -0.3 is 20.4 Å². The lowest BCUT2D eigenvalue weighted by atomic mass is 9.38. The first-order valence-electron chi connectivity index (χ1n) is 13.9. The zero-order valence-electron chi connectivity index (χ0n) is 24.7. The molecule has 0 amide bonds. The number of Topliss-reactive ketones (excluding diaryl/α,β-unsaturated/α-hetero) is 5. The smallest absolute Gasteiger partial charge is 0.209 e. The summed E-state index contributed by atoms with van der Waals surface area (Å²) in [4.78, 5) is 66.4. The van der Waals surface area contributed by atoms with Crippen LogP contribution in [0.1, 0.15) is 100 Å². The van der Waals surface area contributed by atoms with Crippen LogP contribution < -0.4 is 0 Å². The highest BCUT2D eigenvalue weighted by atomic mass is 16.4. The summed E-state index contributed by atoms with van der Waals surface area (Å²) in [5.74, 6) is -8.94. The largest absolute Gasteiger partial charge is 0.511 e. The van der Waals surface area contributed by atoms with Gasteiger partial charge in [0.05, 0.1) is 11.1 Å². The van der Waals surface area contributed by atoms with Gasteiger partial charge in [0.25, 0.3) is 0 Å². The molecule has 0 aromatic heterocycles. The molecule has 41 heavy (non-hydrogen) atoms. The number of phenols is 1. The maximum Gasteiger partial charge on any atom is 0.209 e. The third-order valence-corrected chi connectivity index (χ3v) is 10.4. The second kappa shape index (κ2) is 9.48. The van der Waals surface area contributed by atoms with E-state index in [0.717, 1.165) is 6.92 Å². The molecular formula is C32H38O9. The van der Waals surface area contributed by atoms with Crippen molar-refractivity contribution in [2.75, 3.05) is 0 Å². The normalized spacial score (nSPS) is 33.0. The van der Waals surface area contributed by atoms with E-state index in [1.165, 1.54) is 19.9 Å². The Hall–Kier alpha value is -3.59. The molecule has 0 aliphatic heterocycles. The highest BCUT2D eigenvalue weighted by Gasteiger charge is 2.75. The predicted molar refractivity (Wildman–Crippen MR) is 149 cm³/mol. The summed E-state index contributed by atoms with van der Waals surface area (Å²) in [6.07, 6.45) is -0.0825. The molecule has 0 fully saturated rings. The van der Waals surface area contributed by atoms with Crippen LogP contribution in [0.5, 0.6) is 5.75 Å². The SMILES string of the molecule is CCC(=O)C[C@@H]1[C@]2(C)C(=C(O)[C@@]3(O)C(=O)C(C(C)=O)=C(O)C(C(C)C)[C@@]13C)C(=O)c1c(ccc(C(C)=O)c1O)[C@H]2C. The summed E-state index contributed by atoms with van der Waals surface area (Å²) in [5.41, 5.74) is -6.97. The van der Waals surface area contributed by atoms with Gasteiger partial charge in [0.1, 0.15) is 28.6 Å². The van der Waals surface area contributed by atoms with Crippen LogP contribution in [-0.4, -0.2) is 54.9 Å². The Morgan fingerprint density at radius 2 is 1.59 bits per heavy atom. The maximum absolute atomic E-state index is 14.3. The summed E-state index contributed by atoms with van der Waals surface area (Å²) in [6, 6.07) is 2.98. The monoisotopic (exact) mass is 566 g/mol. The zero-order valence-corrected chi connectivity index (χ0v) is 24.7. The molecule has 4 rings (SSSR count). The summed E-state index contributed by atoms with van der Waals surface area (Å²) in [7, 11) is 0. The Kier molecular flexibility index (Phi) is 7.02. The van der Waals surface area contributed by atoms with E-state index in [4.69, 9.17) is 0 Å². The second-order valence-electron chi connectivity index (χ2n) is 12.5. The first-order chi connectivity index (χ1) is 18.9. The summed E-state index contributed by atoms with van der Waals surface area (Å²) < 4.78 is 0. The summed E-state index contributed by atoms with van der Waals surface area (Å²) in [5, 5.41) is 47.0. The fourth-order valence-electron chi connectivity index (χ4n) is 8.22. The number of allylic oxidation sites excluding steroid dienone is 2. The highest BCUT2D eigenvalue weighted by molar-refractivity contribution is 6.25. The Balaban J connectivity index is 2.23. The molecule has 9 nitrogen and oxygen atoms in total. The number of phenolic OH excluding ortho intramolecular Hbond substituents is 1. The number of aromatic hydroxyl groups is 1.